The zero-order valence-corrected chi connectivity index (χ0v) is 15.5. The van der Waals surface area contributed by atoms with E-state index in [9.17, 15) is 35.5 Å². The van der Waals surface area contributed by atoms with E-state index in [-0.39, 0.29) is 11.4 Å². The Bertz CT molecular complexity index is 1100. The molecule has 2 aromatic heterocycles. The lowest BCUT2D eigenvalue weighted by atomic mass is 10.1. The lowest BCUT2D eigenvalue weighted by Gasteiger charge is -2.15. The number of carbonyl (C=O) groups is 1. The monoisotopic (exact) mass is 461 g/mol. The van der Waals surface area contributed by atoms with Crippen LogP contribution in [0.3, 0.4) is 0 Å². The Kier molecular flexibility index (Phi) is 6.18. The molecule has 3 aromatic rings. The molecule has 1 amide bonds. The van der Waals surface area contributed by atoms with Crippen LogP contribution in [0.5, 0.6) is 17.2 Å². The molecule has 0 aliphatic carbocycles. The van der Waals surface area contributed by atoms with Crippen molar-refractivity contribution in [1.29, 1.82) is 0 Å². The van der Waals surface area contributed by atoms with Crippen molar-refractivity contribution in [2.45, 2.75) is 12.5 Å². The van der Waals surface area contributed by atoms with E-state index in [2.05, 4.69) is 20.0 Å². The summed E-state index contributed by atoms with van der Waals surface area (Å²) in [6.45, 7) is 0. The summed E-state index contributed by atoms with van der Waals surface area (Å²) in [4.78, 5) is 19.2. The number of hydrogen-bond acceptors (Lipinski definition) is 5. The number of anilines is 1. The van der Waals surface area contributed by atoms with E-state index in [0.29, 0.717) is 6.20 Å². The number of ether oxygens (including phenoxy) is 2. The van der Waals surface area contributed by atoms with Crippen molar-refractivity contribution in [2.24, 2.45) is 0 Å². The number of nitrogens with one attached hydrogen (secondary N) is 1. The van der Waals surface area contributed by atoms with E-state index in [0.717, 1.165) is 24.3 Å². The SMILES string of the molecule is O=C(Nc1cccnc1)c1c(Oc2ccc(OC(F)(F)F)cc2)cnc(C(F)(F)F)c1F. The molecule has 1 N–H and O–H groups in total. The van der Waals surface area contributed by atoms with Crippen LogP contribution in [0.4, 0.5) is 36.4 Å². The molecule has 0 saturated carbocycles. The maximum absolute atomic E-state index is 14.7. The second-order valence-corrected chi connectivity index (χ2v) is 5.97. The molecule has 0 aliphatic heterocycles. The van der Waals surface area contributed by atoms with Crippen LogP contribution in [-0.4, -0.2) is 22.2 Å². The number of amides is 1. The van der Waals surface area contributed by atoms with Crippen molar-refractivity contribution < 1.29 is 45.0 Å². The van der Waals surface area contributed by atoms with Gasteiger partial charge < -0.3 is 14.8 Å². The van der Waals surface area contributed by atoms with E-state index < -0.39 is 47.0 Å². The van der Waals surface area contributed by atoms with Crippen molar-refractivity contribution >= 4 is 11.6 Å². The van der Waals surface area contributed by atoms with Gasteiger partial charge in [0.05, 0.1) is 18.1 Å². The van der Waals surface area contributed by atoms with Gasteiger partial charge in [0.2, 0.25) is 0 Å². The number of carbonyl (C=O) groups excluding carboxylic acids is 1. The second kappa shape index (κ2) is 8.69. The van der Waals surface area contributed by atoms with Gasteiger partial charge >= 0.3 is 12.5 Å². The summed E-state index contributed by atoms with van der Waals surface area (Å²) in [5, 5.41) is 2.18. The van der Waals surface area contributed by atoms with Crippen molar-refractivity contribution in [3.05, 3.63) is 72.1 Å². The summed E-state index contributed by atoms with van der Waals surface area (Å²) >= 11 is 0. The fourth-order valence-electron chi connectivity index (χ4n) is 2.42. The summed E-state index contributed by atoms with van der Waals surface area (Å²) in [5.41, 5.74) is -3.01. The number of alkyl halides is 6. The Morgan fingerprint density at radius 1 is 0.938 bits per heavy atom. The predicted molar refractivity (Wildman–Crippen MR) is 94.6 cm³/mol. The van der Waals surface area contributed by atoms with Gasteiger partial charge in [0.1, 0.15) is 17.1 Å². The Morgan fingerprint density at radius 2 is 1.59 bits per heavy atom. The molecule has 13 heteroatoms. The fourth-order valence-corrected chi connectivity index (χ4v) is 2.42. The first-order chi connectivity index (χ1) is 14.9. The van der Waals surface area contributed by atoms with Crippen molar-refractivity contribution in [1.82, 2.24) is 9.97 Å². The minimum Gasteiger partial charge on any atom is -0.455 e. The quantitative estimate of drug-likeness (QED) is 0.503. The smallest absolute Gasteiger partial charge is 0.455 e. The molecular formula is C19H10F7N3O3. The molecule has 6 nitrogen and oxygen atoms in total. The van der Waals surface area contributed by atoms with Crippen molar-refractivity contribution in [2.75, 3.05) is 5.32 Å². The van der Waals surface area contributed by atoms with Crippen molar-refractivity contribution in [3.8, 4) is 17.2 Å². The van der Waals surface area contributed by atoms with Gasteiger partial charge in [0.15, 0.2) is 17.3 Å². The third kappa shape index (κ3) is 5.62. The number of aromatic nitrogens is 2. The first-order valence-electron chi connectivity index (χ1n) is 8.45. The van der Waals surface area contributed by atoms with Gasteiger partial charge in [-0.25, -0.2) is 9.37 Å². The molecule has 32 heavy (non-hydrogen) atoms. The molecule has 2 heterocycles. The van der Waals surface area contributed by atoms with E-state index in [1.165, 1.54) is 24.5 Å². The third-order valence-corrected chi connectivity index (χ3v) is 3.68. The standard InChI is InChI=1S/C19H10F7N3O3/c20-15-14(17(30)29-10-2-1-7-27-8-10)13(9-28-16(15)18(21,22)23)31-11-3-5-12(6-4-11)32-19(24,25)26/h1-9H,(H,29,30). The van der Waals surface area contributed by atoms with Crippen LogP contribution in [0.1, 0.15) is 16.1 Å². The number of hydrogen-bond donors (Lipinski definition) is 1. The lowest BCUT2D eigenvalue weighted by molar-refractivity contribution is -0.274. The molecule has 0 aliphatic rings. The molecule has 0 atom stereocenters. The van der Waals surface area contributed by atoms with Gasteiger partial charge in [0, 0.05) is 6.20 Å². The van der Waals surface area contributed by atoms with Gasteiger partial charge in [0.25, 0.3) is 5.91 Å². The topological polar surface area (TPSA) is 73.3 Å². The minimum absolute atomic E-state index is 0.0573. The van der Waals surface area contributed by atoms with Gasteiger partial charge in [-0.1, -0.05) is 0 Å². The molecule has 0 saturated heterocycles. The third-order valence-electron chi connectivity index (χ3n) is 3.68. The predicted octanol–water partition coefficient (Wildman–Crippen LogP) is 5.58. The molecule has 3 rings (SSSR count). The molecule has 0 fully saturated rings. The Morgan fingerprint density at radius 3 is 2.16 bits per heavy atom. The van der Waals surface area contributed by atoms with Crippen LogP contribution >= 0.6 is 0 Å². The summed E-state index contributed by atoms with van der Waals surface area (Å²) in [7, 11) is 0. The largest absolute Gasteiger partial charge is 0.573 e. The summed E-state index contributed by atoms with van der Waals surface area (Å²) in [6, 6.07) is 6.42. The molecule has 168 valence electrons. The van der Waals surface area contributed by atoms with E-state index >= 15 is 0 Å². The summed E-state index contributed by atoms with van der Waals surface area (Å²) in [6.07, 6.45) is -7.14. The maximum Gasteiger partial charge on any atom is 0.573 e. The molecule has 0 radical (unpaired) electrons. The van der Waals surface area contributed by atoms with E-state index in [1.54, 1.807) is 0 Å². The Balaban J connectivity index is 1.96. The highest BCUT2D eigenvalue weighted by Gasteiger charge is 2.39. The highest BCUT2D eigenvalue weighted by Crippen LogP contribution is 2.36. The fraction of sp³-hybridized carbons (Fsp3) is 0.105. The summed E-state index contributed by atoms with van der Waals surface area (Å²) in [5.74, 6) is -4.82. The number of nitrogens with zero attached hydrogens (tertiary/aromatic N) is 2. The van der Waals surface area contributed by atoms with Crippen LogP contribution in [-0.2, 0) is 6.18 Å². The van der Waals surface area contributed by atoms with Gasteiger partial charge in [-0.05, 0) is 36.4 Å². The Labute approximate surface area is 174 Å². The van der Waals surface area contributed by atoms with E-state index in [4.69, 9.17) is 4.74 Å². The number of halogens is 7. The number of pyridine rings is 2. The van der Waals surface area contributed by atoms with Crippen LogP contribution in [0, 0.1) is 5.82 Å². The van der Waals surface area contributed by atoms with Crippen LogP contribution < -0.4 is 14.8 Å². The number of benzene rings is 1. The zero-order valence-electron chi connectivity index (χ0n) is 15.5. The highest BCUT2D eigenvalue weighted by atomic mass is 19.4. The first-order valence-corrected chi connectivity index (χ1v) is 8.45. The minimum atomic E-state index is -5.21. The molecule has 0 unspecified atom stereocenters. The van der Waals surface area contributed by atoms with Crippen LogP contribution in [0.15, 0.2) is 55.0 Å². The average molecular weight is 461 g/mol. The van der Waals surface area contributed by atoms with Gasteiger partial charge in [-0.2, -0.15) is 13.2 Å². The van der Waals surface area contributed by atoms with Crippen LogP contribution in [0.25, 0.3) is 0 Å². The molecule has 0 bridgehead atoms. The maximum atomic E-state index is 14.7. The van der Waals surface area contributed by atoms with Crippen LogP contribution in [0.2, 0.25) is 0 Å². The van der Waals surface area contributed by atoms with Gasteiger partial charge in [-0.3, -0.25) is 9.78 Å². The van der Waals surface area contributed by atoms with Gasteiger partial charge in [-0.15, -0.1) is 13.2 Å². The Hall–Kier alpha value is -3.90. The normalized spacial score (nSPS) is 11.7. The second-order valence-electron chi connectivity index (χ2n) is 5.97. The average Bonchev–Trinajstić information content (AvgIpc) is 2.68. The molecule has 1 aromatic carbocycles. The lowest BCUT2D eigenvalue weighted by Crippen LogP contribution is -2.20. The zero-order chi connectivity index (χ0) is 23.5. The molecule has 0 spiro atoms. The van der Waals surface area contributed by atoms with E-state index in [1.807, 2.05) is 0 Å². The molecular weight excluding hydrogens is 451 g/mol. The number of rotatable bonds is 5. The highest BCUT2D eigenvalue weighted by molar-refractivity contribution is 6.06. The van der Waals surface area contributed by atoms with Crippen molar-refractivity contribution in [3.63, 3.8) is 0 Å². The summed E-state index contributed by atoms with van der Waals surface area (Å²) < 4.78 is 99.5. The first kappa shape index (κ1) is 22.8.